The number of methoxy groups -OCH3 is 1. The van der Waals surface area contributed by atoms with Crippen LogP contribution in [0.5, 0.6) is 5.75 Å². The molecule has 0 fully saturated rings. The number of rotatable bonds is 6. The normalized spacial score (nSPS) is 10.9. The Balaban J connectivity index is 1.44. The van der Waals surface area contributed by atoms with Gasteiger partial charge in [0.1, 0.15) is 22.6 Å². The van der Waals surface area contributed by atoms with Crippen LogP contribution in [0, 0.1) is 0 Å². The molecule has 5 rings (SSSR count). The monoisotopic (exact) mass is 440 g/mol. The summed E-state index contributed by atoms with van der Waals surface area (Å²) in [6, 6.07) is 21.6. The van der Waals surface area contributed by atoms with Gasteiger partial charge in [-0.1, -0.05) is 30.3 Å². The van der Waals surface area contributed by atoms with Gasteiger partial charge in [0.15, 0.2) is 0 Å². The van der Waals surface area contributed by atoms with Gasteiger partial charge in [-0.25, -0.2) is 0 Å². The molecule has 0 spiro atoms. The Kier molecular flexibility index (Phi) is 5.28. The van der Waals surface area contributed by atoms with Crippen LogP contribution in [0.15, 0.2) is 87.9 Å². The molecule has 164 valence electrons. The molecule has 3 aromatic carbocycles. The lowest BCUT2D eigenvalue weighted by Gasteiger charge is -2.07. The molecule has 0 bridgehead atoms. The minimum atomic E-state index is -0.453. The van der Waals surface area contributed by atoms with Crippen molar-refractivity contribution < 1.29 is 23.2 Å². The molecule has 0 aliphatic heterocycles. The number of nitrogens with one attached hydrogen (secondary N) is 2. The molecule has 2 heterocycles. The van der Waals surface area contributed by atoms with Crippen LogP contribution < -0.4 is 15.4 Å². The molecule has 5 aromatic rings. The van der Waals surface area contributed by atoms with E-state index in [0.717, 1.165) is 5.39 Å². The molecule has 0 aliphatic carbocycles. The highest BCUT2D eigenvalue weighted by Crippen LogP contribution is 2.32. The number of ether oxygens (including phenoxy) is 1. The highest BCUT2D eigenvalue weighted by atomic mass is 16.5. The maximum Gasteiger partial charge on any atom is 0.293 e. The van der Waals surface area contributed by atoms with Crippen LogP contribution in [-0.2, 0) is 11.2 Å². The lowest BCUT2D eigenvalue weighted by molar-refractivity contribution is -0.115. The van der Waals surface area contributed by atoms with Crippen LogP contribution >= 0.6 is 0 Å². The van der Waals surface area contributed by atoms with Crippen LogP contribution in [0.3, 0.4) is 0 Å². The van der Waals surface area contributed by atoms with E-state index in [0.29, 0.717) is 39.2 Å². The third kappa shape index (κ3) is 4.04. The largest absolute Gasteiger partial charge is 0.497 e. The van der Waals surface area contributed by atoms with E-state index in [4.69, 9.17) is 13.6 Å². The van der Waals surface area contributed by atoms with Gasteiger partial charge in [0.05, 0.1) is 19.8 Å². The first kappa shape index (κ1) is 20.4. The first-order valence-corrected chi connectivity index (χ1v) is 10.3. The molecule has 0 saturated heterocycles. The second-order valence-corrected chi connectivity index (χ2v) is 7.47. The van der Waals surface area contributed by atoms with Crippen molar-refractivity contribution in [2.24, 2.45) is 0 Å². The number of hydrogen-bond donors (Lipinski definition) is 2. The van der Waals surface area contributed by atoms with Crippen LogP contribution in [0.1, 0.15) is 16.1 Å². The predicted molar refractivity (Wildman–Crippen MR) is 126 cm³/mol. The van der Waals surface area contributed by atoms with Crippen molar-refractivity contribution in [1.82, 2.24) is 0 Å². The summed E-state index contributed by atoms with van der Waals surface area (Å²) in [6.45, 7) is 0. The van der Waals surface area contributed by atoms with Gasteiger partial charge < -0.3 is 24.2 Å². The summed E-state index contributed by atoms with van der Waals surface area (Å²) in [4.78, 5) is 26.0. The predicted octanol–water partition coefficient (Wildman–Crippen LogP) is 5.62. The average molecular weight is 440 g/mol. The molecule has 2 N–H and O–H groups in total. The number of fused-ring (bicyclic) bond motifs is 2. The maximum atomic E-state index is 13.0. The molecular formula is C26H20N2O5. The summed E-state index contributed by atoms with van der Waals surface area (Å²) in [5, 5.41) is 7.10. The van der Waals surface area contributed by atoms with Crippen molar-refractivity contribution in [3.63, 3.8) is 0 Å². The van der Waals surface area contributed by atoms with E-state index in [1.54, 1.807) is 55.8 Å². The number of carbonyl (C=O) groups is 2. The standard InChI is InChI=1S/C26H20N2O5/c1-31-18-11-12-21-20(14-18)16(15-32-21)13-23(29)28-24-19-9-5-6-10-22(19)33-25(24)26(30)27-17-7-3-2-4-8-17/h2-12,14-15H,13H2,1H3,(H,27,30)(H,28,29). The first-order chi connectivity index (χ1) is 16.1. The van der Waals surface area contributed by atoms with Crippen molar-refractivity contribution in [3.05, 3.63) is 90.4 Å². The van der Waals surface area contributed by atoms with Crippen LogP contribution in [0.25, 0.3) is 21.9 Å². The molecule has 2 aromatic heterocycles. The average Bonchev–Trinajstić information content (AvgIpc) is 3.41. The van der Waals surface area contributed by atoms with Crippen molar-refractivity contribution in [2.75, 3.05) is 17.7 Å². The van der Waals surface area contributed by atoms with Crippen LogP contribution in [0.4, 0.5) is 11.4 Å². The van der Waals surface area contributed by atoms with E-state index in [9.17, 15) is 9.59 Å². The zero-order valence-corrected chi connectivity index (χ0v) is 17.8. The van der Waals surface area contributed by atoms with E-state index < -0.39 is 5.91 Å². The lowest BCUT2D eigenvalue weighted by atomic mass is 10.1. The van der Waals surface area contributed by atoms with Gasteiger partial charge >= 0.3 is 0 Å². The summed E-state index contributed by atoms with van der Waals surface area (Å²) in [7, 11) is 1.58. The number of hydrogen-bond acceptors (Lipinski definition) is 5. The summed E-state index contributed by atoms with van der Waals surface area (Å²) in [5.41, 5.74) is 2.83. The lowest BCUT2D eigenvalue weighted by Crippen LogP contribution is -2.18. The van der Waals surface area contributed by atoms with Crippen molar-refractivity contribution in [1.29, 1.82) is 0 Å². The highest BCUT2D eigenvalue weighted by molar-refractivity contribution is 6.14. The summed E-state index contributed by atoms with van der Waals surface area (Å²) in [6.07, 6.45) is 1.61. The summed E-state index contributed by atoms with van der Waals surface area (Å²) >= 11 is 0. The molecule has 33 heavy (non-hydrogen) atoms. The van der Waals surface area contributed by atoms with Crippen molar-refractivity contribution >= 4 is 45.1 Å². The topological polar surface area (TPSA) is 93.7 Å². The number of furan rings is 2. The maximum absolute atomic E-state index is 13.0. The number of para-hydroxylation sites is 2. The third-order valence-corrected chi connectivity index (χ3v) is 5.31. The number of carbonyl (C=O) groups excluding carboxylic acids is 2. The van der Waals surface area contributed by atoms with E-state index in [1.807, 2.05) is 30.3 Å². The molecule has 7 nitrogen and oxygen atoms in total. The first-order valence-electron chi connectivity index (χ1n) is 10.3. The second kappa shape index (κ2) is 8.55. The molecular weight excluding hydrogens is 420 g/mol. The highest BCUT2D eigenvalue weighted by Gasteiger charge is 2.23. The Morgan fingerprint density at radius 1 is 0.879 bits per heavy atom. The van der Waals surface area contributed by atoms with Gasteiger partial charge in [0.25, 0.3) is 5.91 Å². The van der Waals surface area contributed by atoms with Crippen molar-refractivity contribution in [3.8, 4) is 5.75 Å². The fourth-order valence-electron chi connectivity index (χ4n) is 3.72. The number of benzene rings is 3. The Labute approximate surface area is 188 Å². The molecule has 0 saturated carbocycles. The van der Waals surface area contributed by atoms with Crippen LogP contribution in [0.2, 0.25) is 0 Å². The Morgan fingerprint density at radius 3 is 2.48 bits per heavy atom. The zero-order valence-electron chi connectivity index (χ0n) is 17.8. The third-order valence-electron chi connectivity index (χ3n) is 5.31. The van der Waals surface area contributed by atoms with Gasteiger partial charge in [-0.15, -0.1) is 0 Å². The molecule has 0 radical (unpaired) electrons. The molecule has 0 atom stereocenters. The Hall–Kier alpha value is -4.52. The minimum absolute atomic E-state index is 0.0344. The molecule has 2 amide bonds. The Morgan fingerprint density at radius 2 is 1.67 bits per heavy atom. The zero-order chi connectivity index (χ0) is 22.8. The fourth-order valence-corrected chi connectivity index (χ4v) is 3.72. The van der Waals surface area contributed by atoms with E-state index >= 15 is 0 Å². The van der Waals surface area contributed by atoms with Gasteiger partial charge in [-0.05, 0) is 42.5 Å². The molecule has 7 heteroatoms. The van der Waals surface area contributed by atoms with Crippen molar-refractivity contribution in [2.45, 2.75) is 6.42 Å². The van der Waals surface area contributed by atoms with Gasteiger partial charge in [-0.3, -0.25) is 9.59 Å². The summed E-state index contributed by atoms with van der Waals surface area (Å²) < 4.78 is 16.6. The fraction of sp³-hybridized carbons (Fsp3) is 0.0769. The van der Waals surface area contributed by atoms with E-state index in [-0.39, 0.29) is 18.1 Å². The second-order valence-electron chi connectivity index (χ2n) is 7.47. The van der Waals surface area contributed by atoms with Gasteiger partial charge in [0.2, 0.25) is 11.7 Å². The quantitative estimate of drug-likeness (QED) is 0.357. The SMILES string of the molecule is COc1ccc2occ(CC(=O)Nc3c(C(=O)Nc4ccccc4)oc4ccccc34)c2c1. The number of amides is 2. The summed E-state index contributed by atoms with van der Waals surface area (Å²) in [5.74, 6) is -0.0505. The Bertz CT molecular complexity index is 1470. The van der Waals surface area contributed by atoms with Gasteiger partial charge in [0, 0.05) is 22.0 Å². The van der Waals surface area contributed by atoms with Crippen LogP contribution in [-0.4, -0.2) is 18.9 Å². The molecule has 0 aliphatic rings. The van der Waals surface area contributed by atoms with E-state index in [1.165, 1.54) is 0 Å². The minimum Gasteiger partial charge on any atom is -0.497 e. The van der Waals surface area contributed by atoms with E-state index in [2.05, 4.69) is 10.6 Å². The smallest absolute Gasteiger partial charge is 0.293 e. The van der Waals surface area contributed by atoms with Gasteiger partial charge in [-0.2, -0.15) is 0 Å². The number of anilines is 2. The molecule has 0 unspecified atom stereocenters.